The number of hydrogen-bond donors (Lipinski definition) is 0. The van der Waals surface area contributed by atoms with E-state index in [-0.39, 0.29) is 18.4 Å². The summed E-state index contributed by atoms with van der Waals surface area (Å²) in [6.45, 7) is 4.46. The van der Waals surface area contributed by atoms with Crippen molar-refractivity contribution in [2.45, 2.75) is 32.7 Å². The van der Waals surface area contributed by atoms with Crippen molar-refractivity contribution in [2.24, 2.45) is 0 Å². The van der Waals surface area contributed by atoms with Crippen LogP contribution in [0.15, 0.2) is 29.6 Å². The fraction of sp³-hybridized carbons (Fsp3) is 0.389. The van der Waals surface area contributed by atoms with E-state index in [0.29, 0.717) is 13.0 Å². The van der Waals surface area contributed by atoms with Gasteiger partial charge in [0, 0.05) is 24.0 Å². The van der Waals surface area contributed by atoms with Crippen molar-refractivity contribution in [3.63, 3.8) is 0 Å². The van der Waals surface area contributed by atoms with Crippen LogP contribution in [0.3, 0.4) is 0 Å². The maximum atomic E-state index is 12.3. The molecule has 5 nitrogen and oxygen atoms in total. The van der Waals surface area contributed by atoms with Gasteiger partial charge in [0.05, 0.1) is 31.2 Å². The summed E-state index contributed by atoms with van der Waals surface area (Å²) in [4.78, 5) is 18.4. The number of carbonyl (C=O) groups is 1. The number of ether oxygens (including phenoxy) is 1. The second-order valence-electron chi connectivity index (χ2n) is 5.49. The monoisotopic (exact) mass is 343 g/mol. The van der Waals surface area contributed by atoms with Crippen LogP contribution in [0.5, 0.6) is 5.75 Å². The third kappa shape index (κ3) is 4.56. The van der Waals surface area contributed by atoms with Crippen molar-refractivity contribution < 1.29 is 9.53 Å². The van der Waals surface area contributed by atoms with E-state index in [4.69, 9.17) is 10.00 Å². The fourth-order valence-electron chi connectivity index (χ4n) is 2.18. The third-order valence-corrected chi connectivity index (χ3v) is 4.68. The van der Waals surface area contributed by atoms with E-state index in [1.165, 1.54) is 11.3 Å². The first kappa shape index (κ1) is 18.0. The number of thiazole rings is 1. The molecule has 1 aromatic heterocycles. The van der Waals surface area contributed by atoms with Gasteiger partial charge in [0.15, 0.2) is 0 Å². The standard InChI is InChI=1S/C18H21N3O2S/c1-4-23-16-7-5-14(6-8-16)18-20-15(12-24-18)11-17(22)21(3)13(2)9-10-19/h5-8,12-13H,4,9,11H2,1-3H3. The maximum absolute atomic E-state index is 12.3. The maximum Gasteiger partial charge on any atom is 0.228 e. The van der Waals surface area contributed by atoms with E-state index in [1.54, 1.807) is 11.9 Å². The smallest absolute Gasteiger partial charge is 0.228 e. The highest BCUT2D eigenvalue weighted by Crippen LogP contribution is 2.26. The second-order valence-corrected chi connectivity index (χ2v) is 6.35. The van der Waals surface area contributed by atoms with Crippen LogP contribution in [0.1, 0.15) is 26.0 Å². The molecule has 0 saturated carbocycles. The van der Waals surface area contributed by atoms with Crippen LogP contribution < -0.4 is 4.74 Å². The zero-order chi connectivity index (χ0) is 17.5. The Bertz CT molecular complexity index is 719. The van der Waals surface area contributed by atoms with Gasteiger partial charge in [0.1, 0.15) is 10.8 Å². The topological polar surface area (TPSA) is 66.2 Å². The lowest BCUT2D eigenvalue weighted by Crippen LogP contribution is -2.35. The second kappa shape index (κ2) is 8.46. The average molecular weight is 343 g/mol. The normalized spacial score (nSPS) is 11.6. The van der Waals surface area contributed by atoms with Gasteiger partial charge in [0.25, 0.3) is 0 Å². The Balaban J connectivity index is 2.02. The van der Waals surface area contributed by atoms with Crippen LogP contribution in [0.2, 0.25) is 0 Å². The molecule has 24 heavy (non-hydrogen) atoms. The molecule has 0 radical (unpaired) electrons. The summed E-state index contributed by atoms with van der Waals surface area (Å²) < 4.78 is 5.43. The number of benzene rings is 1. The minimum absolute atomic E-state index is 0.0266. The van der Waals surface area contributed by atoms with Gasteiger partial charge in [-0.3, -0.25) is 4.79 Å². The minimum Gasteiger partial charge on any atom is -0.494 e. The van der Waals surface area contributed by atoms with Crippen LogP contribution in [0.4, 0.5) is 0 Å². The number of hydrogen-bond acceptors (Lipinski definition) is 5. The molecule has 0 bridgehead atoms. The number of nitriles is 1. The molecule has 0 saturated heterocycles. The van der Waals surface area contributed by atoms with Gasteiger partial charge in [-0.05, 0) is 38.1 Å². The number of likely N-dealkylation sites (N-methyl/N-ethyl adjacent to an activating group) is 1. The van der Waals surface area contributed by atoms with Crippen LogP contribution >= 0.6 is 11.3 Å². The van der Waals surface area contributed by atoms with E-state index in [9.17, 15) is 4.79 Å². The summed E-state index contributed by atoms with van der Waals surface area (Å²) in [6, 6.07) is 9.77. The SMILES string of the molecule is CCOc1ccc(-c2nc(CC(=O)N(C)C(C)CC#N)cs2)cc1. The molecule has 1 aromatic carbocycles. The van der Waals surface area contributed by atoms with Gasteiger partial charge >= 0.3 is 0 Å². The highest BCUT2D eigenvalue weighted by Gasteiger charge is 2.17. The highest BCUT2D eigenvalue weighted by atomic mass is 32.1. The Morgan fingerprint density at radius 3 is 2.75 bits per heavy atom. The molecule has 1 atom stereocenters. The first-order valence-electron chi connectivity index (χ1n) is 7.85. The van der Waals surface area contributed by atoms with Crippen molar-refractivity contribution in [3.8, 4) is 22.4 Å². The van der Waals surface area contributed by atoms with Gasteiger partial charge in [-0.2, -0.15) is 5.26 Å². The van der Waals surface area contributed by atoms with Gasteiger partial charge in [-0.1, -0.05) is 0 Å². The molecule has 0 fully saturated rings. The predicted octanol–water partition coefficient (Wildman–Crippen LogP) is 3.51. The van der Waals surface area contributed by atoms with E-state index in [1.807, 2.05) is 43.5 Å². The van der Waals surface area contributed by atoms with Crippen molar-refractivity contribution >= 4 is 17.2 Å². The van der Waals surface area contributed by atoms with Crippen molar-refractivity contribution in [2.75, 3.05) is 13.7 Å². The van der Waals surface area contributed by atoms with E-state index in [0.717, 1.165) is 22.0 Å². The molecule has 2 rings (SSSR count). The lowest BCUT2D eigenvalue weighted by Gasteiger charge is -2.22. The predicted molar refractivity (Wildman–Crippen MR) is 94.9 cm³/mol. The molecule has 2 aromatic rings. The number of amides is 1. The summed E-state index contributed by atoms with van der Waals surface area (Å²) >= 11 is 1.52. The number of nitrogens with zero attached hydrogens (tertiary/aromatic N) is 3. The molecule has 126 valence electrons. The van der Waals surface area contributed by atoms with Crippen LogP contribution in [-0.2, 0) is 11.2 Å². The molecule has 1 amide bonds. The molecule has 0 aliphatic carbocycles. The Morgan fingerprint density at radius 2 is 2.12 bits per heavy atom. The van der Waals surface area contributed by atoms with E-state index >= 15 is 0 Å². The van der Waals surface area contributed by atoms with Gasteiger partial charge < -0.3 is 9.64 Å². The van der Waals surface area contributed by atoms with Gasteiger partial charge in [-0.25, -0.2) is 4.98 Å². The van der Waals surface area contributed by atoms with Crippen molar-refractivity contribution in [1.29, 1.82) is 5.26 Å². The van der Waals surface area contributed by atoms with Crippen molar-refractivity contribution in [1.82, 2.24) is 9.88 Å². The summed E-state index contributed by atoms with van der Waals surface area (Å²) in [6.07, 6.45) is 0.580. The van der Waals surface area contributed by atoms with Gasteiger partial charge in [0.2, 0.25) is 5.91 Å². The fourth-order valence-corrected chi connectivity index (χ4v) is 3.00. The van der Waals surface area contributed by atoms with Crippen LogP contribution in [0, 0.1) is 11.3 Å². The highest BCUT2D eigenvalue weighted by molar-refractivity contribution is 7.13. The third-order valence-electron chi connectivity index (χ3n) is 3.74. The Morgan fingerprint density at radius 1 is 1.42 bits per heavy atom. The van der Waals surface area contributed by atoms with Crippen LogP contribution in [-0.4, -0.2) is 35.5 Å². The molecule has 6 heteroatoms. The Labute approximate surface area is 146 Å². The number of rotatable bonds is 7. The summed E-state index contributed by atoms with van der Waals surface area (Å²) in [5.74, 6) is 0.808. The van der Waals surface area contributed by atoms with Crippen molar-refractivity contribution in [3.05, 3.63) is 35.3 Å². The summed E-state index contributed by atoms with van der Waals surface area (Å²) in [7, 11) is 1.73. The largest absolute Gasteiger partial charge is 0.494 e. The van der Waals surface area contributed by atoms with E-state index in [2.05, 4.69) is 11.1 Å². The van der Waals surface area contributed by atoms with Crippen LogP contribution in [0.25, 0.3) is 10.6 Å². The van der Waals surface area contributed by atoms with E-state index < -0.39 is 0 Å². The molecule has 0 spiro atoms. The first-order valence-corrected chi connectivity index (χ1v) is 8.73. The number of carbonyl (C=O) groups excluding carboxylic acids is 1. The number of aromatic nitrogens is 1. The van der Waals surface area contributed by atoms with Gasteiger partial charge in [-0.15, -0.1) is 11.3 Å². The Kier molecular flexibility index (Phi) is 6.33. The molecule has 0 aliphatic rings. The zero-order valence-corrected chi connectivity index (χ0v) is 15.0. The molecule has 0 aliphatic heterocycles. The quantitative estimate of drug-likeness (QED) is 0.771. The first-order chi connectivity index (χ1) is 11.5. The molecular weight excluding hydrogens is 322 g/mol. The Hall–Kier alpha value is -2.39. The molecule has 0 N–H and O–H groups in total. The minimum atomic E-state index is -0.0910. The lowest BCUT2D eigenvalue weighted by atomic mass is 10.2. The lowest BCUT2D eigenvalue weighted by molar-refractivity contribution is -0.130. The molecule has 1 unspecified atom stereocenters. The zero-order valence-electron chi connectivity index (χ0n) is 14.2. The molecule has 1 heterocycles. The summed E-state index contributed by atoms with van der Waals surface area (Å²) in [5, 5.41) is 11.5. The summed E-state index contributed by atoms with van der Waals surface area (Å²) in [5.41, 5.74) is 1.76. The average Bonchev–Trinajstić information content (AvgIpc) is 3.03. The molecular formula is C18H21N3O2S.